The molecule has 2 fully saturated rings. The number of benzene rings is 1. The van der Waals surface area contributed by atoms with Crippen molar-refractivity contribution in [2.45, 2.75) is 31.3 Å². The Balaban J connectivity index is 1.69. The molecule has 0 bridgehead atoms. The highest BCUT2D eigenvalue weighted by atomic mass is 35.5. The van der Waals surface area contributed by atoms with E-state index in [2.05, 4.69) is 4.90 Å². The molecule has 2 heterocycles. The van der Waals surface area contributed by atoms with Gasteiger partial charge in [0.15, 0.2) is 0 Å². The molecule has 0 aromatic heterocycles. The smallest absolute Gasteiger partial charge is 0.309 e. The Morgan fingerprint density at radius 2 is 2.08 bits per heavy atom. The fourth-order valence-corrected chi connectivity index (χ4v) is 4.10. The number of rotatable bonds is 3. The fourth-order valence-electron chi connectivity index (χ4n) is 3.98. The lowest BCUT2D eigenvalue weighted by molar-refractivity contribution is -0.146. The Bertz CT molecular complexity index is 674. The van der Waals surface area contributed by atoms with Gasteiger partial charge < -0.3 is 10.0 Å². The van der Waals surface area contributed by atoms with Crippen molar-refractivity contribution in [2.75, 3.05) is 20.1 Å². The lowest BCUT2D eigenvalue weighted by Crippen LogP contribution is -2.55. The van der Waals surface area contributed by atoms with E-state index in [9.17, 15) is 19.1 Å². The van der Waals surface area contributed by atoms with E-state index in [1.165, 1.54) is 6.07 Å². The highest BCUT2D eigenvalue weighted by molar-refractivity contribution is 6.30. The first-order valence-electron chi connectivity index (χ1n) is 7.99. The molecule has 0 unspecified atom stereocenters. The zero-order valence-corrected chi connectivity index (χ0v) is 14.2. The standard InChI is InChI=1S/C17H20ClFN2O3/c1-20-15(22)9-12(16(23)24)17(20)4-6-21(7-5-17)10-11-2-3-13(18)14(19)8-11/h2-3,8,12H,4-7,9-10H2,1H3,(H,23,24)/t12-/m1/s1. The molecule has 1 aromatic carbocycles. The van der Waals surface area contributed by atoms with Crippen LogP contribution in [0, 0.1) is 11.7 Å². The molecular weight excluding hydrogens is 335 g/mol. The number of carbonyl (C=O) groups excluding carboxylic acids is 1. The van der Waals surface area contributed by atoms with Crippen molar-refractivity contribution >= 4 is 23.5 Å². The van der Waals surface area contributed by atoms with Gasteiger partial charge in [-0.1, -0.05) is 17.7 Å². The van der Waals surface area contributed by atoms with E-state index in [0.29, 0.717) is 32.5 Å². The Morgan fingerprint density at radius 1 is 1.42 bits per heavy atom. The highest BCUT2D eigenvalue weighted by Gasteiger charge is 2.55. The van der Waals surface area contributed by atoms with Crippen LogP contribution in [0.1, 0.15) is 24.8 Å². The number of nitrogens with zero attached hydrogens (tertiary/aromatic N) is 2. The summed E-state index contributed by atoms with van der Waals surface area (Å²) in [6.07, 6.45) is 1.30. The molecule has 2 aliphatic heterocycles. The number of likely N-dealkylation sites (tertiary alicyclic amines) is 2. The van der Waals surface area contributed by atoms with Crippen LogP contribution in [0.25, 0.3) is 0 Å². The Kier molecular flexibility index (Phi) is 4.53. The molecule has 130 valence electrons. The van der Waals surface area contributed by atoms with Gasteiger partial charge in [0.25, 0.3) is 0 Å². The van der Waals surface area contributed by atoms with Crippen molar-refractivity contribution in [3.63, 3.8) is 0 Å². The van der Waals surface area contributed by atoms with Gasteiger partial charge in [0.1, 0.15) is 5.82 Å². The molecule has 1 atom stereocenters. The van der Waals surface area contributed by atoms with Crippen LogP contribution in [0.4, 0.5) is 4.39 Å². The van der Waals surface area contributed by atoms with Gasteiger partial charge in [0.05, 0.1) is 16.5 Å². The third-order valence-corrected chi connectivity index (χ3v) is 5.79. The molecule has 0 aliphatic carbocycles. The van der Waals surface area contributed by atoms with Gasteiger partial charge in [-0.15, -0.1) is 0 Å². The predicted molar refractivity (Wildman–Crippen MR) is 87.2 cm³/mol. The second kappa shape index (κ2) is 6.33. The highest BCUT2D eigenvalue weighted by Crippen LogP contribution is 2.43. The summed E-state index contributed by atoms with van der Waals surface area (Å²) in [5.74, 6) is -2.09. The second-order valence-electron chi connectivity index (χ2n) is 6.68. The molecule has 3 rings (SSSR count). The van der Waals surface area contributed by atoms with Crippen molar-refractivity contribution in [1.82, 2.24) is 9.80 Å². The molecule has 5 nitrogen and oxygen atoms in total. The van der Waals surface area contributed by atoms with E-state index in [0.717, 1.165) is 5.56 Å². The van der Waals surface area contributed by atoms with Gasteiger partial charge in [0, 0.05) is 33.1 Å². The van der Waals surface area contributed by atoms with E-state index < -0.39 is 23.2 Å². The van der Waals surface area contributed by atoms with Crippen molar-refractivity contribution in [3.05, 3.63) is 34.6 Å². The first-order chi connectivity index (χ1) is 11.3. The van der Waals surface area contributed by atoms with Crippen molar-refractivity contribution in [1.29, 1.82) is 0 Å². The van der Waals surface area contributed by atoms with Crippen LogP contribution in [0.3, 0.4) is 0 Å². The minimum absolute atomic E-state index is 0.0776. The van der Waals surface area contributed by atoms with E-state index >= 15 is 0 Å². The van der Waals surface area contributed by atoms with Crippen LogP contribution in [0.15, 0.2) is 18.2 Å². The number of amides is 1. The quantitative estimate of drug-likeness (QED) is 0.905. The molecule has 1 aromatic rings. The minimum atomic E-state index is -0.902. The Morgan fingerprint density at radius 3 is 2.67 bits per heavy atom. The molecule has 24 heavy (non-hydrogen) atoms. The van der Waals surface area contributed by atoms with Crippen molar-refractivity contribution in [3.8, 4) is 0 Å². The first kappa shape index (κ1) is 17.2. The average molecular weight is 355 g/mol. The van der Waals surface area contributed by atoms with Gasteiger partial charge in [-0.3, -0.25) is 14.5 Å². The number of halogens is 2. The SMILES string of the molecule is CN1C(=O)C[C@H](C(=O)O)C12CCN(Cc1ccc(Cl)c(F)c1)CC2. The predicted octanol–water partition coefficient (Wildman–Crippen LogP) is 2.38. The Labute approximate surface area is 145 Å². The fraction of sp³-hybridized carbons (Fsp3) is 0.529. The summed E-state index contributed by atoms with van der Waals surface area (Å²) in [4.78, 5) is 27.3. The minimum Gasteiger partial charge on any atom is -0.481 e. The number of hydrogen-bond acceptors (Lipinski definition) is 3. The van der Waals surface area contributed by atoms with Crippen LogP contribution in [0.5, 0.6) is 0 Å². The van der Waals surface area contributed by atoms with E-state index in [4.69, 9.17) is 11.6 Å². The Hall–Kier alpha value is -1.66. The molecule has 7 heteroatoms. The average Bonchev–Trinajstić information content (AvgIpc) is 2.79. The van der Waals surface area contributed by atoms with Gasteiger partial charge >= 0.3 is 5.97 Å². The van der Waals surface area contributed by atoms with Crippen LogP contribution in [0.2, 0.25) is 5.02 Å². The number of piperidine rings is 1. The summed E-state index contributed by atoms with van der Waals surface area (Å²) < 4.78 is 13.5. The van der Waals surface area contributed by atoms with Crippen molar-refractivity contribution in [2.24, 2.45) is 5.92 Å². The second-order valence-corrected chi connectivity index (χ2v) is 7.08. The molecule has 1 N–H and O–H groups in total. The topological polar surface area (TPSA) is 60.9 Å². The van der Waals surface area contributed by atoms with Crippen LogP contribution in [-0.2, 0) is 16.1 Å². The third kappa shape index (κ3) is 2.89. The summed E-state index contributed by atoms with van der Waals surface area (Å²) in [7, 11) is 1.70. The van der Waals surface area contributed by atoms with Gasteiger partial charge in [-0.2, -0.15) is 0 Å². The first-order valence-corrected chi connectivity index (χ1v) is 8.37. The molecule has 1 amide bonds. The number of carboxylic acids is 1. The van der Waals surface area contributed by atoms with E-state index in [-0.39, 0.29) is 17.4 Å². The summed E-state index contributed by atoms with van der Waals surface area (Å²) in [6, 6.07) is 4.76. The maximum absolute atomic E-state index is 13.5. The van der Waals surface area contributed by atoms with Gasteiger partial charge in [-0.05, 0) is 30.5 Å². The zero-order valence-electron chi connectivity index (χ0n) is 13.5. The van der Waals surface area contributed by atoms with Gasteiger partial charge in [-0.25, -0.2) is 4.39 Å². The molecule has 0 saturated carbocycles. The molecule has 1 spiro atoms. The number of aliphatic carboxylic acids is 1. The number of carbonyl (C=O) groups is 2. The summed E-state index contributed by atoms with van der Waals surface area (Å²) >= 11 is 5.70. The maximum Gasteiger partial charge on any atom is 0.309 e. The lowest BCUT2D eigenvalue weighted by atomic mass is 9.77. The summed E-state index contributed by atoms with van der Waals surface area (Å²) in [5, 5.41) is 9.58. The maximum atomic E-state index is 13.5. The van der Waals surface area contributed by atoms with Crippen molar-refractivity contribution < 1.29 is 19.1 Å². The summed E-state index contributed by atoms with van der Waals surface area (Å²) in [5.41, 5.74) is 0.239. The monoisotopic (exact) mass is 354 g/mol. The normalized spacial score (nSPS) is 23.9. The molecular formula is C17H20ClFN2O3. The van der Waals surface area contributed by atoms with E-state index in [1.807, 2.05) is 0 Å². The largest absolute Gasteiger partial charge is 0.481 e. The van der Waals surface area contributed by atoms with Gasteiger partial charge in [0.2, 0.25) is 5.91 Å². The summed E-state index contributed by atoms with van der Waals surface area (Å²) in [6.45, 7) is 1.93. The third-order valence-electron chi connectivity index (χ3n) is 5.48. The van der Waals surface area contributed by atoms with Crippen LogP contribution >= 0.6 is 11.6 Å². The number of carboxylic acid groups (broad SMARTS) is 1. The molecule has 2 aliphatic rings. The lowest BCUT2D eigenvalue weighted by Gasteiger charge is -2.45. The number of hydrogen-bond donors (Lipinski definition) is 1. The zero-order chi connectivity index (χ0) is 17.5. The van der Waals surface area contributed by atoms with Crippen LogP contribution in [-0.4, -0.2) is 52.5 Å². The van der Waals surface area contributed by atoms with E-state index in [1.54, 1.807) is 24.1 Å². The van der Waals surface area contributed by atoms with Crippen LogP contribution < -0.4 is 0 Å². The molecule has 0 radical (unpaired) electrons. The molecule has 2 saturated heterocycles.